The lowest BCUT2D eigenvalue weighted by atomic mass is 10.0. The summed E-state index contributed by atoms with van der Waals surface area (Å²) in [6.07, 6.45) is 4.80. The van der Waals surface area contributed by atoms with Crippen molar-refractivity contribution < 1.29 is 9.90 Å². The zero-order chi connectivity index (χ0) is 11.8. The molecule has 1 heterocycles. The monoisotopic (exact) mass is 274 g/mol. The number of hydrogen-bond acceptors (Lipinski definition) is 3. The van der Waals surface area contributed by atoms with E-state index < -0.39 is 0 Å². The van der Waals surface area contributed by atoms with Crippen LogP contribution in [-0.4, -0.2) is 36.8 Å². The van der Waals surface area contributed by atoms with Crippen LogP contribution >= 0.6 is 12.4 Å². The number of halogens is 1. The molecular formula is C13H23ClN2O2. The van der Waals surface area contributed by atoms with Gasteiger partial charge in [0.05, 0.1) is 6.10 Å². The van der Waals surface area contributed by atoms with Crippen molar-refractivity contribution in [1.82, 2.24) is 10.6 Å². The van der Waals surface area contributed by atoms with Gasteiger partial charge < -0.3 is 15.7 Å². The molecule has 2 saturated carbocycles. The molecule has 0 aromatic carbocycles. The van der Waals surface area contributed by atoms with Crippen molar-refractivity contribution in [2.24, 2.45) is 23.7 Å². The predicted octanol–water partition coefficient (Wildman–Crippen LogP) is 0.541. The van der Waals surface area contributed by atoms with E-state index in [1.807, 2.05) is 0 Å². The third-order valence-corrected chi connectivity index (χ3v) is 4.80. The van der Waals surface area contributed by atoms with E-state index in [4.69, 9.17) is 0 Å². The summed E-state index contributed by atoms with van der Waals surface area (Å²) in [5.41, 5.74) is 0. The lowest BCUT2D eigenvalue weighted by molar-refractivity contribution is -0.123. The molecule has 0 radical (unpaired) electrons. The maximum atomic E-state index is 12.0. The minimum Gasteiger partial charge on any atom is -0.391 e. The van der Waals surface area contributed by atoms with Crippen molar-refractivity contribution in [2.75, 3.05) is 19.6 Å². The Morgan fingerprint density at radius 2 is 1.89 bits per heavy atom. The fourth-order valence-electron chi connectivity index (χ4n) is 3.66. The molecule has 3 aliphatic rings. The first-order valence-electron chi connectivity index (χ1n) is 6.94. The Balaban J connectivity index is 0.00000120. The molecule has 2 aliphatic carbocycles. The molecule has 18 heavy (non-hydrogen) atoms. The Morgan fingerprint density at radius 1 is 1.22 bits per heavy atom. The molecule has 3 N–H and O–H groups in total. The smallest absolute Gasteiger partial charge is 0.223 e. The third-order valence-electron chi connectivity index (χ3n) is 4.80. The number of rotatable bonds is 3. The number of aliphatic hydroxyl groups is 1. The molecule has 1 saturated heterocycles. The van der Waals surface area contributed by atoms with E-state index in [1.165, 1.54) is 25.7 Å². The van der Waals surface area contributed by atoms with Gasteiger partial charge in [-0.3, -0.25) is 4.79 Å². The van der Waals surface area contributed by atoms with E-state index in [-0.39, 0.29) is 30.3 Å². The molecule has 0 bridgehead atoms. The normalized spacial score (nSPS) is 41.7. The van der Waals surface area contributed by atoms with Crippen LogP contribution in [0.15, 0.2) is 0 Å². The average molecular weight is 275 g/mol. The number of fused-ring (bicyclic) bond motifs is 1. The zero-order valence-electron chi connectivity index (χ0n) is 10.6. The number of nitrogens with one attached hydrogen (secondary N) is 2. The zero-order valence-corrected chi connectivity index (χ0v) is 11.4. The Hall–Kier alpha value is -0.320. The number of carbonyl (C=O) groups excluding carboxylic acids is 1. The highest BCUT2D eigenvalue weighted by Gasteiger charge is 2.54. The highest BCUT2D eigenvalue weighted by molar-refractivity contribution is 5.85. The molecule has 3 rings (SSSR count). The fourth-order valence-corrected chi connectivity index (χ4v) is 3.66. The Kier molecular flexibility index (Phi) is 4.51. The van der Waals surface area contributed by atoms with Gasteiger partial charge in [0, 0.05) is 31.5 Å². The second-order valence-electron chi connectivity index (χ2n) is 5.87. The first-order chi connectivity index (χ1) is 8.27. The van der Waals surface area contributed by atoms with Crippen LogP contribution in [0.3, 0.4) is 0 Å². The third kappa shape index (κ3) is 2.65. The molecule has 104 valence electrons. The number of aliphatic hydroxyl groups excluding tert-OH is 1. The first-order valence-corrected chi connectivity index (χ1v) is 6.94. The summed E-state index contributed by atoms with van der Waals surface area (Å²) < 4.78 is 0. The maximum Gasteiger partial charge on any atom is 0.223 e. The second kappa shape index (κ2) is 5.76. The summed E-state index contributed by atoms with van der Waals surface area (Å²) in [6.45, 7) is 2.11. The Labute approximate surface area is 114 Å². The highest BCUT2D eigenvalue weighted by atomic mass is 35.5. The summed E-state index contributed by atoms with van der Waals surface area (Å²) in [5.74, 6) is 2.08. The molecule has 1 aliphatic heterocycles. The molecule has 0 aromatic heterocycles. The van der Waals surface area contributed by atoms with Gasteiger partial charge in [0.15, 0.2) is 0 Å². The van der Waals surface area contributed by atoms with Crippen LogP contribution < -0.4 is 10.6 Å². The number of β-amino-alcohol motifs (C(OH)–C–C–N with tert-alkyl or cyclic N) is 1. The lowest BCUT2D eigenvalue weighted by Crippen LogP contribution is -2.35. The van der Waals surface area contributed by atoms with Gasteiger partial charge >= 0.3 is 0 Å². The highest BCUT2D eigenvalue weighted by Crippen LogP contribution is 2.55. The van der Waals surface area contributed by atoms with E-state index in [2.05, 4.69) is 10.6 Å². The molecule has 5 heteroatoms. The molecule has 4 nitrogen and oxygen atoms in total. The number of hydrogen-bond donors (Lipinski definition) is 3. The topological polar surface area (TPSA) is 61.4 Å². The van der Waals surface area contributed by atoms with E-state index in [9.17, 15) is 9.90 Å². The largest absolute Gasteiger partial charge is 0.391 e. The minimum atomic E-state index is -0.295. The van der Waals surface area contributed by atoms with E-state index in [1.54, 1.807) is 0 Å². The quantitative estimate of drug-likeness (QED) is 0.704. The van der Waals surface area contributed by atoms with Gasteiger partial charge in [-0.2, -0.15) is 0 Å². The SMILES string of the molecule is Cl.O=C(NCC1CNCC1O)C1C2CCCCC21. The molecule has 4 unspecified atom stereocenters. The molecule has 3 fully saturated rings. The molecular weight excluding hydrogens is 252 g/mol. The average Bonchev–Trinajstić information content (AvgIpc) is 2.94. The van der Waals surface area contributed by atoms with Gasteiger partial charge in [-0.25, -0.2) is 0 Å². The summed E-state index contributed by atoms with van der Waals surface area (Å²) in [7, 11) is 0. The van der Waals surface area contributed by atoms with Crippen molar-refractivity contribution in [3.8, 4) is 0 Å². The summed E-state index contributed by atoms with van der Waals surface area (Å²) in [4.78, 5) is 12.0. The van der Waals surface area contributed by atoms with Crippen LogP contribution in [0.1, 0.15) is 25.7 Å². The second-order valence-corrected chi connectivity index (χ2v) is 5.87. The van der Waals surface area contributed by atoms with Crippen molar-refractivity contribution in [1.29, 1.82) is 0 Å². The van der Waals surface area contributed by atoms with Crippen molar-refractivity contribution in [3.63, 3.8) is 0 Å². The Bertz CT molecular complexity index is 301. The first kappa shape index (κ1) is 14.1. The molecule has 4 atom stereocenters. The van der Waals surface area contributed by atoms with Gasteiger partial charge in [-0.05, 0) is 24.7 Å². The summed E-state index contributed by atoms with van der Waals surface area (Å²) in [6, 6.07) is 0. The predicted molar refractivity (Wildman–Crippen MR) is 71.6 cm³/mol. The maximum absolute atomic E-state index is 12.0. The number of carbonyl (C=O) groups is 1. The van der Waals surface area contributed by atoms with Crippen molar-refractivity contribution in [2.45, 2.75) is 31.8 Å². The van der Waals surface area contributed by atoms with E-state index in [0.717, 1.165) is 6.54 Å². The van der Waals surface area contributed by atoms with Gasteiger partial charge in [-0.15, -0.1) is 12.4 Å². The van der Waals surface area contributed by atoms with Gasteiger partial charge in [0.1, 0.15) is 0 Å². The van der Waals surface area contributed by atoms with Crippen LogP contribution in [0.25, 0.3) is 0 Å². The van der Waals surface area contributed by atoms with Crippen molar-refractivity contribution in [3.05, 3.63) is 0 Å². The van der Waals surface area contributed by atoms with E-state index in [0.29, 0.717) is 30.8 Å². The van der Waals surface area contributed by atoms with Crippen molar-refractivity contribution >= 4 is 18.3 Å². The fraction of sp³-hybridized carbons (Fsp3) is 0.923. The standard InChI is InChI=1S/C13H22N2O2.ClH/c16-11-7-14-5-8(11)6-15-13(17)12-9-3-1-2-4-10(9)12;/h8-12,14,16H,1-7H2,(H,15,17);1H. The van der Waals surface area contributed by atoms with Crippen LogP contribution in [0.4, 0.5) is 0 Å². The van der Waals surface area contributed by atoms with Gasteiger partial charge in [-0.1, -0.05) is 12.8 Å². The van der Waals surface area contributed by atoms with Gasteiger partial charge in [0.25, 0.3) is 0 Å². The minimum absolute atomic E-state index is 0. The lowest BCUT2D eigenvalue weighted by Gasteiger charge is -2.14. The van der Waals surface area contributed by atoms with Crippen LogP contribution in [0, 0.1) is 23.7 Å². The van der Waals surface area contributed by atoms with Crippen LogP contribution in [-0.2, 0) is 4.79 Å². The summed E-state index contributed by atoms with van der Waals surface area (Å²) >= 11 is 0. The van der Waals surface area contributed by atoms with Gasteiger partial charge in [0.2, 0.25) is 5.91 Å². The summed E-state index contributed by atoms with van der Waals surface area (Å²) in [5, 5.41) is 15.8. The molecule has 1 amide bonds. The van der Waals surface area contributed by atoms with Crippen LogP contribution in [0.2, 0.25) is 0 Å². The van der Waals surface area contributed by atoms with E-state index >= 15 is 0 Å². The number of amides is 1. The Morgan fingerprint density at radius 3 is 2.44 bits per heavy atom. The molecule has 0 spiro atoms. The molecule has 0 aromatic rings. The van der Waals surface area contributed by atoms with Crippen LogP contribution in [0.5, 0.6) is 0 Å².